The van der Waals surface area contributed by atoms with E-state index < -0.39 is 0 Å². The largest absolute Gasteiger partial charge is 0.352 e. The number of carbonyl (C=O) groups excluding carboxylic acids is 1. The number of aromatic nitrogens is 3. The minimum absolute atomic E-state index is 0.0819. The monoisotopic (exact) mass is 430 g/mol. The molecular weight excluding hydrogens is 411 g/mol. The third-order valence-corrected chi connectivity index (χ3v) is 5.47. The van der Waals surface area contributed by atoms with Crippen LogP contribution in [0.5, 0.6) is 0 Å². The van der Waals surface area contributed by atoms with Gasteiger partial charge in [-0.2, -0.15) is 0 Å². The number of amides is 1. The predicted molar refractivity (Wildman–Crippen MR) is 114 cm³/mol. The first kappa shape index (κ1) is 21.1. The quantitative estimate of drug-likeness (QED) is 0.394. The van der Waals surface area contributed by atoms with Crippen molar-refractivity contribution >= 4 is 29.3 Å². The van der Waals surface area contributed by atoms with E-state index in [0.717, 1.165) is 5.56 Å². The van der Waals surface area contributed by atoms with Crippen molar-refractivity contribution < 1.29 is 9.18 Å². The van der Waals surface area contributed by atoms with Gasteiger partial charge < -0.3 is 5.32 Å². The Balaban J connectivity index is 1.59. The van der Waals surface area contributed by atoms with Crippen LogP contribution in [-0.2, 0) is 17.9 Å². The summed E-state index contributed by atoms with van der Waals surface area (Å²) >= 11 is 7.49. The lowest BCUT2D eigenvalue weighted by molar-refractivity contribution is -0.120. The highest BCUT2D eigenvalue weighted by Crippen LogP contribution is 2.26. The van der Waals surface area contributed by atoms with Gasteiger partial charge in [-0.25, -0.2) is 4.39 Å². The van der Waals surface area contributed by atoms with E-state index in [2.05, 4.69) is 22.1 Å². The van der Waals surface area contributed by atoms with Gasteiger partial charge in [0.15, 0.2) is 11.0 Å². The third kappa shape index (κ3) is 5.46. The fraction of sp³-hybridized carbons (Fsp3) is 0.190. The molecule has 29 heavy (non-hydrogen) atoms. The van der Waals surface area contributed by atoms with Crippen LogP contribution in [-0.4, -0.2) is 26.4 Å². The van der Waals surface area contributed by atoms with E-state index in [1.54, 1.807) is 34.9 Å². The molecule has 0 saturated heterocycles. The maximum absolute atomic E-state index is 14.1. The minimum Gasteiger partial charge on any atom is -0.352 e. The Hall–Kier alpha value is -2.64. The van der Waals surface area contributed by atoms with E-state index >= 15 is 0 Å². The lowest BCUT2D eigenvalue weighted by Crippen LogP contribution is -2.23. The SMILES string of the molecule is C=CCn1c(SCCC(=O)NCc2ccccc2Cl)nnc1-c1ccccc1F. The summed E-state index contributed by atoms with van der Waals surface area (Å²) in [5.41, 5.74) is 1.25. The number of benzene rings is 2. The summed E-state index contributed by atoms with van der Waals surface area (Å²) in [7, 11) is 0. The summed E-state index contributed by atoms with van der Waals surface area (Å²) in [6.07, 6.45) is 2.01. The lowest BCUT2D eigenvalue weighted by Gasteiger charge is -2.09. The molecule has 0 bridgehead atoms. The van der Waals surface area contributed by atoms with Crippen LogP contribution < -0.4 is 5.32 Å². The molecule has 3 aromatic rings. The van der Waals surface area contributed by atoms with Gasteiger partial charge in [0.05, 0.1) is 5.56 Å². The highest BCUT2D eigenvalue weighted by Gasteiger charge is 2.16. The average molecular weight is 431 g/mol. The van der Waals surface area contributed by atoms with E-state index in [-0.39, 0.29) is 11.7 Å². The molecule has 0 radical (unpaired) electrons. The maximum atomic E-state index is 14.1. The summed E-state index contributed by atoms with van der Waals surface area (Å²) in [5, 5.41) is 12.4. The molecule has 1 N–H and O–H groups in total. The van der Waals surface area contributed by atoms with Gasteiger partial charge >= 0.3 is 0 Å². The van der Waals surface area contributed by atoms with Gasteiger partial charge in [-0.15, -0.1) is 16.8 Å². The maximum Gasteiger partial charge on any atom is 0.221 e. The first-order valence-corrected chi connectivity index (χ1v) is 10.4. The fourth-order valence-electron chi connectivity index (χ4n) is 2.69. The van der Waals surface area contributed by atoms with Gasteiger partial charge in [0.25, 0.3) is 0 Å². The number of nitrogens with one attached hydrogen (secondary N) is 1. The molecule has 0 saturated carbocycles. The zero-order chi connectivity index (χ0) is 20.6. The van der Waals surface area contributed by atoms with E-state index in [1.807, 2.05) is 18.2 Å². The standard InChI is InChI=1S/C21H20ClFN4OS/c1-2-12-27-20(16-8-4-6-10-18(16)23)25-26-21(27)29-13-11-19(28)24-14-15-7-3-5-9-17(15)22/h2-10H,1,11-14H2,(H,24,28). The Labute approximate surface area is 178 Å². The van der Waals surface area contributed by atoms with Gasteiger partial charge in [0.1, 0.15) is 5.82 Å². The predicted octanol–water partition coefficient (Wildman–Crippen LogP) is 4.72. The smallest absolute Gasteiger partial charge is 0.221 e. The van der Waals surface area contributed by atoms with Crippen molar-refractivity contribution in [2.24, 2.45) is 0 Å². The summed E-state index contributed by atoms with van der Waals surface area (Å²) in [5.74, 6) is 0.511. The molecule has 0 atom stereocenters. The van der Waals surface area contributed by atoms with Crippen LogP contribution in [0.15, 0.2) is 66.3 Å². The number of nitrogens with zero attached hydrogens (tertiary/aromatic N) is 3. The Morgan fingerprint density at radius 2 is 1.97 bits per heavy atom. The van der Waals surface area contributed by atoms with Gasteiger partial charge in [-0.1, -0.05) is 59.8 Å². The van der Waals surface area contributed by atoms with Gasteiger partial charge in [0, 0.05) is 30.3 Å². The fourth-order valence-corrected chi connectivity index (χ4v) is 3.78. The molecular formula is C21H20ClFN4OS. The lowest BCUT2D eigenvalue weighted by atomic mass is 10.2. The molecule has 0 aliphatic carbocycles. The van der Waals surface area contributed by atoms with Crippen LogP contribution in [0.4, 0.5) is 4.39 Å². The molecule has 2 aromatic carbocycles. The Morgan fingerprint density at radius 1 is 1.21 bits per heavy atom. The zero-order valence-electron chi connectivity index (χ0n) is 15.6. The van der Waals surface area contributed by atoms with Crippen molar-refractivity contribution in [3.8, 4) is 11.4 Å². The second kappa shape index (κ2) is 10.2. The molecule has 1 heterocycles. The second-order valence-electron chi connectivity index (χ2n) is 6.15. The highest BCUT2D eigenvalue weighted by atomic mass is 35.5. The molecule has 5 nitrogen and oxygen atoms in total. The minimum atomic E-state index is -0.360. The normalized spacial score (nSPS) is 10.7. The van der Waals surface area contributed by atoms with Crippen LogP contribution in [0.3, 0.4) is 0 Å². The number of hydrogen-bond donors (Lipinski definition) is 1. The van der Waals surface area contributed by atoms with E-state index in [1.165, 1.54) is 17.8 Å². The molecule has 0 spiro atoms. The van der Waals surface area contributed by atoms with E-state index in [9.17, 15) is 9.18 Å². The number of hydrogen-bond acceptors (Lipinski definition) is 4. The summed E-state index contributed by atoms with van der Waals surface area (Å²) in [4.78, 5) is 12.1. The molecule has 0 aliphatic rings. The van der Waals surface area contributed by atoms with Gasteiger partial charge in [-0.05, 0) is 23.8 Å². The van der Waals surface area contributed by atoms with Crippen LogP contribution in [0, 0.1) is 5.82 Å². The van der Waals surface area contributed by atoms with Crippen molar-refractivity contribution in [2.75, 3.05) is 5.75 Å². The average Bonchev–Trinajstić information content (AvgIpc) is 3.10. The first-order chi connectivity index (χ1) is 14.1. The van der Waals surface area contributed by atoms with Crippen LogP contribution >= 0.6 is 23.4 Å². The number of rotatable bonds is 9. The van der Waals surface area contributed by atoms with Crippen molar-refractivity contribution in [3.63, 3.8) is 0 Å². The van der Waals surface area contributed by atoms with Crippen molar-refractivity contribution in [2.45, 2.75) is 24.7 Å². The van der Waals surface area contributed by atoms with Crippen molar-refractivity contribution in [3.05, 3.63) is 77.6 Å². The topological polar surface area (TPSA) is 59.8 Å². The molecule has 0 unspecified atom stereocenters. The van der Waals surface area contributed by atoms with E-state index in [0.29, 0.717) is 46.8 Å². The molecule has 3 rings (SSSR count). The van der Waals surface area contributed by atoms with Gasteiger partial charge in [0.2, 0.25) is 5.91 Å². The summed E-state index contributed by atoms with van der Waals surface area (Å²) in [6, 6.07) is 13.8. The number of allylic oxidation sites excluding steroid dienone is 1. The highest BCUT2D eigenvalue weighted by molar-refractivity contribution is 7.99. The number of thioether (sulfide) groups is 1. The van der Waals surface area contributed by atoms with Crippen LogP contribution in [0.25, 0.3) is 11.4 Å². The van der Waals surface area contributed by atoms with Crippen molar-refractivity contribution in [1.82, 2.24) is 20.1 Å². The molecule has 8 heteroatoms. The Morgan fingerprint density at radius 3 is 2.72 bits per heavy atom. The first-order valence-electron chi connectivity index (χ1n) is 9.02. The molecule has 0 fully saturated rings. The van der Waals surface area contributed by atoms with Crippen molar-refractivity contribution in [1.29, 1.82) is 0 Å². The third-order valence-electron chi connectivity index (χ3n) is 4.14. The van der Waals surface area contributed by atoms with Gasteiger partial charge in [-0.3, -0.25) is 9.36 Å². The zero-order valence-corrected chi connectivity index (χ0v) is 17.2. The Bertz CT molecular complexity index is 1010. The molecule has 1 aromatic heterocycles. The van der Waals surface area contributed by atoms with Crippen LogP contribution in [0.2, 0.25) is 5.02 Å². The molecule has 0 aliphatic heterocycles. The second-order valence-corrected chi connectivity index (χ2v) is 7.62. The van der Waals surface area contributed by atoms with E-state index in [4.69, 9.17) is 11.6 Å². The molecule has 150 valence electrons. The summed E-state index contributed by atoms with van der Waals surface area (Å²) in [6.45, 7) is 4.57. The number of halogens is 2. The summed E-state index contributed by atoms with van der Waals surface area (Å²) < 4.78 is 15.9. The molecule has 1 amide bonds. The Kier molecular flexibility index (Phi) is 7.43. The van der Waals surface area contributed by atoms with Crippen LogP contribution in [0.1, 0.15) is 12.0 Å². The number of carbonyl (C=O) groups is 1.